The van der Waals surface area contributed by atoms with Gasteiger partial charge in [0.05, 0.1) is 7.11 Å². The Kier molecular flexibility index (Phi) is 3.53. The molecule has 18 heavy (non-hydrogen) atoms. The third-order valence-electron chi connectivity index (χ3n) is 2.96. The first-order valence-corrected chi connectivity index (χ1v) is 6.61. The van der Waals surface area contributed by atoms with Gasteiger partial charge in [0, 0.05) is 20.9 Å². The van der Waals surface area contributed by atoms with E-state index in [2.05, 4.69) is 0 Å². The zero-order valence-electron chi connectivity index (χ0n) is 11.0. The molecule has 0 bridgehead atoms. The summed E-state index contributed by atoms with van der Waals surface area (Å²) < 4.78 is 5.26. The van der Waals surface area contributed by atoms with E-state index in [1.807, 2.05) is 45.0 Å². The summed E-state index contributed by atoms with van der Waals surface area (Å²) in [6.07, 6.45) is 0. The molecule has 0 saturated carbocycles. The number of thiophene rings is 1. The molecule has 0 amide bonds. The predicted octanol–water partition coefficient (Wildman–Crippen LogP) is 3.91. The summed E-state index contributed by atoms with van der Waals surface area (Å²) in [4.78, 5) is 14.6. The van der Waals surface area contributed by atoms with Crippen molar-refractivity contribution in [2.75, 3.05) is 7.11 Å². The molecule has 0 aliphatic rings. The third kappa shape index (κ3) is 2.31. The van der Waals surface area contributed by atoms with Crippen LogP contribution < -0.4 is 4.74 Å². The maximum Gasteiger partial charge on any atom is 0.194 e. The average molecular weight is 260 g/mol. The lowest BCUT2D eigenvalue weighted by Gasteiger charge is -2.07. The number of benzene rings is 1. The smallest absolute Gasteiger partial charge is 0.194 e. The van der Waals surface area contributed by atoms with Gasteiger partial charge in [-0.1, -0.05) is 12.1 Å². The highest BCUT2D eigenvalue weighted by atomic mass is 32.1. The number of aryl methyl sites for hydroxylation is 3. The van der Waals surface area contributed by atoms with Gasteiger partial charge in [0.2, 0.25) is 0 Å². The van der Waals surface area contributed by atoms with E-state index in [0.717, 1.165) is 26.6 Å². The van der Waals surface area contributed by atoms with E-state index in [9.17, 15) is 4.79 Å². The largest absolute Gasteiger partial charge is 0.496 e. The summed E-state index contributed by atoms with van der Waals surface area (Å²) in [5.74, 6) is 0.820. The molecule has 94 valence electrons. The number of carbonyl (C=O) groups excluding carboxylic acids is 1. The molecule has 0 saturated heterocycles. The standard InChI is InChI=1S/C15H16O2S/c1-9-5-6-12(8-14(9)17-4)15(16)13-7-10(2)18-11(13)3/h5-8H,1-4H3. The van der Waals surface area contributed by atoms with Crippen molar-refractivity contribution in [3.63, 3.8) is 0 Å². The van der Waals surface area contributed by atoms with E-state index in [1.54, 1.807) is 18.4 Å². The van der Waals surface area contributed by atoms with Crippen LogP contribution in [-0.4, -0.2) is 12.9 Å². The normalized spacial score (nSPS) is 10.4. The Balaban J connectivity index is 2.43. The van der Waals surface area contributed by atoms with E-state index < -0.39 is 0 Å². The summed E-state index contributed by atoms with van der Waals surface area (Å²) in [5.41, 5.74) is 2.51. The molecule has 0 N–H and O–H groups in total. The highest BCUT2D eigenvalue weighted by molar-refractivity contribution is 7.12. The van der Waals surface area contributed by atoms with Crippen molar-refractivity contribution in [3.8, 4) is 5.75 Å². The second kappa shape index (κ2) is 4.94. The van der Waals surface area contributed by atoms with Gasteiger partial charge in [-0.3, -0.25) is 4.79 Å². The molecule has 0 atom stereocenters. The van der Waals surface area contributed by atoms with Gasteiger partial charge in [-0.15, -0.1) is 11.3 Å². The van der Waals surface area contributed by atoms with Gasteiger partial charge in [0.1, 0.15) is 5.75 Å². The lowest BCUT2D eigenvalue weighted by atomic mass is 10.0. The van der Waals surface area contributed by atoms with Crippen molar-refractivity contribution >= 4 is 17.1 Å². The van der Waals surface area contributed by atoms with E-state index in [0.29, 0.717) is 5.56 Å². The van der Waals surface area contributed by atoms with Gasteiger partial charge in [-0.2, -0.15) is 0 Å². The van der Waals surface area contributed by atoms with Crippen LogP contribution in [0, 0.1) is 20.8 Å². The second-order valence-electron chi connectivity index (χ2n) is 4.34. The SMILES string of the molecule is COc1cc(C(=O)c2cc(C)sc2C)ccc1C. The second-order valence-corrected chi connectivity index (χ2v) is 5.80. The number of hydrogen-bond acceptors (Lipinski definition) is 3. The number of methoxy groups -OCH3 is 1. The number of rotatable bonds is 3. The Bertz CT molecular complexity index is 597. The molecule has 0 unspecified atom stereocenters. The van der Waals surface area contributed by atoms with Crippen LogP contribution in [0.1, 0.15) is 31.2 Å². The van der Waals surface area contributed by atoms with Crippen molar-refractivity contribution < 1.29 is 9.53 Å². The summed E-state index contributed by atoms with van der Waals surface area (Å²) in [7, 11) is 1.62. The Hall–Kier alpha value is -1.61. The number of ketones is 1. The van der Waals surface area contributed by atoms with E-state index in [1.165, 1.54) is 0 Å². The van der Waals surface area contributed by atoms with Gasteiger partial charge in [0.25, 0.3) is 0 Å². The fourth-order valence-electron chi connectivity index (χ4n) is 1.97. The first kappa shape index (κ1) is 12.8. The quantitative estimate of drug-likeness (QED) is 0.782. The fraction of sp³-hybridized carbons (Fsp3) is 0.267. The van der Waals surface area contributed by atoms with Crippen molar-refractivity contribution in [1.82, 2.24) is 0 Å². The summed E-state index contributed by atoms with van der Waals surface area (Å²) in [6.45, 7) is 5.97. The number of ether oxygens (including phenoxy) is 1. The number of hydrogen-bond donors (Lipinski definition) is 0. The Labute approximate surface area is 111 Å². The third-order valence-corrected chi connectivity index (χ3v) is 3.92. The maximum atomic E-state index is 12.4. The van der Waals surface area contributed by atoms with Crippen LogP contribution >= 0.6 is 11.3 Å². The van der Waals surface area contributed by atoms with Crippen LogP contribution in [-0.2, 0) is 0 Å². The van der Waals surface area contributed by atoms with Gasteiger partial charge in [0.15, 0.2) is 5.78 Å². The Morgan fingerprint density at radius 1 is 1.17 bits per heavy atom. The van der Waals surface area contributed by atoms with Gasteiger partial charge >= 0.3 is 0 Å². The van der Waals surface area contributed by atoms with Crippen LogP contribution in [0.15, 0.2) is 24.3 Å². The number of carbonyl (C=O) groups is 1. The van der Waals surface area contributed by atoms with Crippen molar-refractivity contribution in [3.05, 3.63) is 50.7 Å². The molecule has 2 rings (SSSR count). The van der Waals surface area contributed by atoms with Crippen LogP contribution in [0.4, 0.5) is 0 Å². The highest BCUT2D eigenvalue weighted by Crippen LogP contribution is 2.26. The lowest BCUT2D eigenvalue weighted by molar-refractivity contribution is 0.103. The summed E-state index contributed by atoms with van der Waals surface area (Å²) >= 11 is 1.65. The summed E-state index contributed by atoms with van der Waals surface area (Å²) in [5, 5.41) is 0. The minimum absolute atomic E-state index is 0.0650. The van der Waals surface area contributed by atoms with E-state index in [-0.39, 0.29) is 5.78 Å². The Morgan fingerprint density at radius 3 is 2.44 bits per heavy atom. The topological polar surface area (TPSA) is 26.3 Å². The molecule has 2 aromatic rings. The lowest BCUT2D eigenvalue weighted by Crippen LogP contribution is -2.02. The zero-order chi connectivity index (χ0) is 13.3. The highest BCUT2D eigenvalue weighted by Gasteiger charge is 2.15. The average Bonchev–Trinajstić information content (AvgIpc) is 2.68. The molecule has 0 aliphatic heterocycles. The molecule has 0 radical (unpaired) electrons. The first-order chi connectivity index (χ1) is 8.52. The molecule has 0 aliphatic carbocycles. The predicted molar refractivity (Wildman–Crippen MR) is 75.0 cm³/mol. The zero-order valence-corrected chi connectivity index (χ0v) is 11.9. The molecule has 1 aromatic carbocycles. The van der Waals surface area contributed by atoms with Gasteiger partial charge < -0.3 is 4.74 Å². The van der Waals surface area contributed by atoms with Crippen molar-refractivity contribution in [2.24, 2.45) is 0 Å². The van der Waals surface area contributed by atoms with Crippen LogP contribution in [0.2, 0.25) is 0 Å². The van der Waals surface area contributed by atoms with Crippen LogP contribution in [0.25, 0.3) is 0 Å². The minimum atomic E-state index is 0.0650. The van der Waals surface area contributed by atoms with Gasteiger partial charge in [-0.05, 0) is 38.5 Å². The van der Waals surface area contributed by atoms with Crippen molar-refractivity contribution in [2.45, 2.75) is 20.8 Å². The molecule has 0 fully saturated rings. The molecule has 1 aromatic heterocycles. The van der Waals surface area contributed by atoms with Crippen molar-refractivity contribution in [1.29, 1.82) is 0 Å². The van der Waals surface area contributed by atoms with Gasteiger partial charge in [-0.25, -0.2) is 0 Å². The summed E-state index contributed by atoms with van der Waals surface area (Å²) in [6, 6.07) is 7.53. The van der Waals surface area contributed by atoms with Crippen LogP contribution in [0.5, 0.6) is 5.75 Å². The molecule has 0 spiro atoms. The molecular weight excluding hydrogens is 244 g/mol. The monoisotopic (exact) mass is 260 g/mol. The molecule has 3 heteroatoms. The van der Waals surface area contributed by atoms with Crippen LogP contribution in [0.3, 0.4) is 0 Å². The first-order valence-electron chi connectivity index (χ1n) is 5.79. The minimum Gasteiger partial charge on any atom is -0.496 e. The van der Waals surface area contributed by atoms with E-state index >= 15 is 0 Å². The van der Waals surface area contributed by atoms with E-state index in [4.69, 9.17) is 4.74 Å². The molecule has 2 nitrogen and oxygen atoms in total. The molecule has 1 heterocycles. The Morgan fingerprint density at radius 2 is 1.89 bits per heavy atom. The maximum absolute atomic E-state index is 12.4. The molecular formula is C15H16O2S. The fourth-order valence-corrected chi connectivity index (χ4v) is 2.89.